The largest absolute Gasteiger partial charge is 0.542 e. The highest BCUT2D eigenvalue weighted by Gasteiger charge is 2.39. The molecule has 2 nitrogen and oxygen atoms in total. The molecule has 1 aromatic rings. The lowest BCUT2D eigenvalue weighted by molar-refractivity contribution is 0.490. The average molecular weight is 276 g/mol. The molecule has 0 atom stereocenters. The molecular weight excluding hydrogens is 257 g/mol. The van der Waals surface area contributed by atoms with Crippen molar-refractivity contribution >= 4 is 25.6 Å². The molecule has 0 aliphatic carbocycles. The molecule has 0 bridgehead atoms. The molecule has 0 unspecified atom stereocenters. The van der Waals surface area contributed by atoms with E-state index < -0.39 is 14.1 Å². The van der Waals surface area contributed by atoms with Crippen molar-refractivity contribution in [1.29, 1.82) is 0 Å². The highest BCUT2D eigenvalue weighted by Crippen LogP contribution is 2.40. The number of nitrogens with two attached hydrogens (primary N) is 1. The molecular formula is C12H19ClFNOSi. The summed E-state index contributed by atoms with van der Waals surface area (Å²) in [7, 11) is -2.01. The maximum atomic E-state index is 13.5. The van der Waals surface area contributed by atoms with Crippen molar-refractivity contribution in [2.24, 2.45) is 0 Å². The Labute approximate surface area is 108 Å². The summed E-state index contributed by atoms with van der Waals surface area (Å²) in [6.07, 6.45) is 0. The van der Waals surface area contributed by atoms with Crippen molar-refractivity contribution < 1.29 is 8.82 Å². The summed E-state index contributed by atoms with van der Waals surface area (Å²) >= 11 is 5.65. The van der Waals surface area contributed by atoms with Gasteiger partial charge in [0, 0.05) is 0 Å². The third-order valence-corrected chi connectivity index (χ3v) is 7.90. The van der Waals surface area contributed by atoms with Gasteiger partial charge in [-0.1, -0.05) is 32.4 Å². The van der Waals surface area contributed by atoms with Gasteiger partial charge in [0.2, 0.25) is 0 Å². The van der Waals surface area contributed by atoms with Gasteiger partial charge in [-0.3, -0.25) is 0 Å². The first-order valence-corrected chi connectivity index (χ1v) is 8.77. The van der Waals surface area contributed by atoms with Crippen LogP contribution >= 0.6 is 11.6 Å². The topological polar surface area (TPSA) is 35.2 Å². The Balaban J connectivity index is 3.09. The fourth-order valence-corrected chi connectivity index (χ4v) is 2.26. The molecule has 1 rings (SSSR count). The Morgan fingerprint density at radius 1 is 1.29 bits per heavy atom. The number of hydrogen-bond donors (Lipinski definition) is 1. The van der Waals surface area contributed by atoms with Crippen LogP contribution in [0.3, 0.4) is 0 Å². The maximum Gasteiger partial charge on any atom is 0.250 e. The van der Waals surface area contributed by atoms with Gasteiger partial charge in [0.25, 0.3) is 8.32 Å². The van der Waals surface area contributed by atoms with Crippen molar-refractivity contribution in [3.05, 3.63) is 23.0 Å². The molecule has 0 aliphatic heterocycles. The molecule has 0 spiro atoms. The van der Waals surface area contributed by atoms with Gasteiger partial charge < -0.3 is 10.2 Å². The summed E-state index contributed by atoms with van der Waals surface area (Å²) in [4.78, 5) is 0. The van der Waals surface area contributed by atoms with Crippen LogP contribution < -0.4 is 10.2 Å². The molecule has 0 amide bonds. The Kier molecular flexibility index (Phi) is 3.79. The minimum Gasteiger partial charge on any atom is -0.542 e. The Morgan fingerprint density at radius 3 is 2.29 bits per heavy atom. The van der Waals surface area contributed by atoms with Gasteiger partial charge in [0.15, 0.2) is 5.82 Å². The van der Waals surface area contributed by atoms with Gasteiger partial charge >= 0.3 is 0 Å². The molecule has 0 aromatic heterocycles. The van der Waals surface area contributed by atoms with Crippen LogP contribution in [0.15, 0.2) is 12.1 Å². The lowest BCUT2D eigenvalue weighted by Gasteiger charge is -2.36. The van der Waals surface area contributed by atoms with E-state index in [-0.39, 0.29) is 15.7 Å². The van der Waals surface area contributed by atoms with E-state index in [1.165, 1.54) is 6.07 Å². The second-order valence-corrected chi connectivity index (χ2v) is 10.8. The highest BCUT2D eigenvalue weighted by molar-refractivity contribution is 6.74. The smallest absolute Gasteiger partial charge is 0.250 e. The van der Waals surface area contributed by atoms with Gasteiger partial charge in [0.1, 0.15) is 11.4 Å². The SMILES string of the molecule is CC(C)(C)[Si](C)(C)Oc1ccc(Cl)c(F)c1N. The number of halogens is 2. The third-order valence-electron chi connectivity index (χ3n) is 3.26. The molecule has 0 heterocycles. The Morgan fingerprint density at radius 2 is 1.82 bits per heavy atom. The fraction of sp³-hybridized carbons (Fsp3) is 0.500. The number of nitrogen functional groups attached to an aromatic ring is 1. The molecule has 2 N–H and O–H groups in total. The van der Waals surface area contributed by atoms with E-state index in [1.807, 2.05) is 0 Å². The number of anilines is 1. The molecule has 5 heteroatoms. The van der Waals surface area contributed by atoms with Crippen LogP contribution in [0, 0.1) is 5.82 Å². The highest BCUT2D eigenvalue weighted by atomic mass is 35.5. The molecule has 1 aromatic carbocycles. The van der Waals surface area contributed by atoms with E-state index in [9.17, 15) is 4.39 Å². The van der Waals surface area contributed by atoms with Crippen LogP contribution in [0.2, 0.25) is 23.2 Å². The van der Waals surface area contributed by atoms with Crippen molar-refractivity contribution in [3.63, 3.8) is 0 Å². The monoisotopic (exact) mass is 275 g/mol. The van der Waals surface area contributed by atoms with Crippen LogP contribution in [0.25, 0.3) is 0 Å². The molecule has 0 saturated carbocycles. The first-order valence-electron chi connectivity index (χ1n) is 5.49. The van der Waals surface area contributed by atoms with Crippen LogP contribution in [0.5, 0.6) is 5.75 Å². The van der Waals surface area contributed by atoms with Crippen LogP contribution in [-0.4, -0.2) is 8.32 Å². The summed E-state index contributed by atoms with van der Waals surface area (Å²) in [5.41, 5.74) is 5.66. The van der Waals surface area contributed by atoms with Gasteiger partial charge in [-0.15, -0.1) is 0 Å². The average Bonchev–Trinajstić information content (AvgIpc) is 2.17. The van der Waals surface area contributed by atoms with Gasteiger partial charge in [0.05, 0.1) is 5.02 Å². The zero-order valence-electron chi connectivity index (χ0n) is 10.9. The standard InChI is InChI=1S/C12H19ClFNOSi/c1-12(2,3)17(4,5)16-9-7-6-8(13)10(14)11(9)15/h6-7H,15H2,1-5H3. The first kappa shape index (κ1) is 14.3. The van der Waals surface area contributed by atoms with Crippen LogP contribution in [0.1, 0.15) is 20.8 Å². The van der Waals surface area contributed by atoms with Crippen molar-refractivity contribution in [3.8, 4) is 5.75 Å². The maximum absolute atomic E-state index is 13.5. The summed E-state index contributed by atoms with van der Waals surface area (Å²) in [5, 5.41) is 0.0558. The molecule has 17 heavy (non-hydrogen) atoms. The van der Waals surface area contributed by atoms with E-state index in [2.05, 4.69) is 33.9 Å². The van der Waals surface area contributed by atoms with Gasteiger partial charge in [-0.2, -0.15) is 0 Å². The van der Waals surface area contributed by atoms with E-state index in [1.54, 1.807) is 6.07 Å². The normalized spacial score (nSPS) is 12.6. The zero-order chi connectivity index (χ0) is 13.4. The van der Waals surface area contributed by atoms with Gasteiger partial charge in [-0.25, -0.2) is 4.39 Å². The predicted octanol–water partition coefficient (Wildman–Crippen LogP) is 4.45. The Hall–Kier alpha value is -0.743. The van der Waals surface area contributed by atoms with Crippen LogP contribution in [0.4, 0.5) is 10.1 Å². The predicted molar refractivity (Wildman–Crippen MR) is 73.6 cm³/mol. The third kappa shape index (κ3) is 2.93. The lowest BCUT2D eigenvalue weighted by Crippen LogP contribution is -2.44. The first-order chi connectivity index (χ1) is 7.56. The van der Waals surface area contributed by atoms with E-state index in [0.29, 0.717) is 5.75 Å². The summed E-state index contributed by atoms with van der Waals surface area (Å²) < 4.78 is 19.5. The number of hydrogen-bond acceptors (Lipinski definition) is 2. The summed E-state index contributed by atoms with van der Waals surface area (Å²) in [6.45, 7) is 10.5. The van der Waals surface area contributed by atoms with Crippen molar-refractivity contribution in [2.45, 2.75) is 38.9 Å². The van der Waals surface area contributed by atoms with Crippen molar-refractivity contribution in [2.75, 3.05) is 5.73 Å². The van der Waals surface area contributed by atoms with E-state index in [0.717, 1.165) is 0 Å². The minimum absolute atomic E-state index is 0.0117. The van der Waals surface area contributed by atoms with E-state index >= 15 is 0 Å². The summed E-state index contributed by atoms with van der Waals surface area (Å²) in [6, 6.07) is 3.09. The van der Waals surface area contributed by atoms with Crippen molar-refractivity contribution in [1.82, 2.24) is 0 Å². The zero-order valence-corrected chi connectivity index (χ0v) is 12.7. The summed E-state index contributed by atoms with van der Waals surface area (Å²) in [5.74, 6) is -0.221. The molecule has 0 aliphatic rings. The minimum atomic E-state index is -2.01. The molecule has 0 fully saturated rings. The van der Waals surface area contributed by atoms with Crippen LogP contribution in [-0.2, 0) is 0 Å². The second kappa shape index (κ2) is 4.50. The Bertz CT molecular complexity index is 429. The second-order valence-electron chi connectivity index (χ2n) is 5.64. The molecule has 0 radical (unpaired) electrons. The van der Waals surface area contributed by atoms with Gasteiger partial charge in [-0.05, 0) is 30.3 Å². The fourth-order valence-electron chi connectivity index (χ4n) is 1.07. The number of rotatable bonds is 2. The van der Waals surface area contributed by atoms with E-state index in [4.69, 9.17) is 21.8 Å². The number of benzene rings is 1. The molecule has 96 valence electrons. The quantitative estimate of drug-likeness (QED) is 0.639. The molecule has 0 saturated heterocycles. The lowest BCUT2D eigenvalue weighted by atomic mass is 10.2.